The van der Waals surface area contributed by atoms with Crippen molar-refractivity contribution in [3.05, 3.63) is 45.9 Å². The number of guanidine groups is 1. The lowest BCUT2D eigenvalue weighted by Gasteiger charge is -2.19. The number of thiazole rings is 1. The van der Waals surface area contributed by atoms with Gasteiger partial charge < -0.3 is 15.5 Å². The topological polar surface area (TPSA) is 52.6 Å². The minimum Gasteiger partial charge on any atom is -0.356 e. The molecule has 5 nitrogen and oxygen atoms in total. The van der Waals surface area contributed by atoms with Crippen LogP contribution in [0.15, 0.2) is 34.6 Å². The smallest absolute Gasteiger partial charge is 0.191 e. The van der Waals surface area contributed by atoms with Gasteiger partial charge in [-0.05, 0) is 31.4 Å². The summed E-state index contributed by atoms with van der Waals surface area (Å²) in [6.45, 7) is 5.15. The highest BCUT2D eigenvalue weighted by atomic mass is 127. The summed E-state index contributed by atoms with van der Waals surface area (Å²) in [6.07, 6.45) is 3.44. The Bertz CT molecular complexity index is 745. The number of rotatable bonds is 6. The second-order valence-corrected chi connectivity index (χ2v) is 7.70. The van der Waals surface area contributed by atoms with Crippen molar-refractivity contribution in [3.8, 4) is 0 Å². The van der Waals surface area contributed by atoms with Crippen molar-refractivity contribution in [1.29, 1.82) is 0 Å². The van der Waals surface area contributed by atoms with Crippen molar-refractivity contribution in [2.75, 3.05) is 31.6 Å². The summed E-state index contributed by atoms with van der Waals surface area (Å²) in [4.78, 5) is 11.5. The second kappa shape index (κ2) is 11.1. The van der Waals surface area contributed by atoms with Crippen LogP contribution < -0.4 is 15.5 Å². The standard InChI is InChI=1S/C19H26ClN5S.HI/c1-14(16-7-3-4-8-17(16)20)23-18(21-2)22-10-9-15-13-26-19(24-15)25-11-5-6-12-25;/h3-4,7-8,13-14H,5-6,9-12H2,1-2H3,(H2,21,22,23);1H. The summed E-state index contributed by atoms with van der Waals surface area (Å²) in [6, 6.07) is 7.95. The normalized spacial score (nSPS) is 15.4. The molecule has 0 saturated carbocycles. The summed E-state index contributed by atoms with van der Waals surface area (Å²) in [5.74, 6) is 0.771. The third-order valence-electron chi connectivity index (χ3n) is 4.54. The summed E-state index contributed by atoms with van der Waals surface area (Å²) < 4.78 is 0. The highest BCUT2D eigenvalue weighted by molar-refractivity contribution is 14.0. The van der Waals surface area contributed by atoms with E-state index in [0.29, 0.717) is 0 Å². The molecule has 2 heterocycles. The van der Waals surface area contributed by atoms with Crippen LogP contribution in [0.3, 0.4) is 0 Å². The Kier molecular flexibility index (Phi) is 9.11. The first kappa shape index (κ1) is 22.2. The van der Waals surface area contributed by atoms with Gasteiger partial charge >= 0.3 is 0 Å². The van der Waals surface area contributed by atoms with E-state index in [-0.39, 0.29) is 30.0 Å². The van der Waals surface area contributed by atoms with Gasteiger partial charge in [-0.3, -0.25) is 4.99 Å². The number of nitrogens with zero attached hydrogens (tertiary/aromatic N) is 3. The van der Waals surface area contributed by atoms with Gasteiger partial charge in [0.2, 0.25) is 0 Å². The Hall–Kier alpha value is -1.06. The predicted molar refractivity (Wildman–Crippen MR) is 127 cm³/mol. The van der Waals surface area contributed by atoms with Crippen LogP contribution in [0, 0.1) is 0 Å². The van der Waals surface area contributed by atoms with Gasteiger partial charge in [0.15, 0.2) is 11.1 Å². The zero-order valence-corrected chi connectivity index (χ0v) is 19.6. The molecule has 1 atom stereocenters. The fraction of sp³-hybridized carbons (Fsp3) is 0.474. The molecule has 27 heavy (non-hydrogen) atoms. The average Bonchev–Trinajstić information content (AvgIpc) is 3.32. The maximum absolute atomic E-state index is 6.27. The highest BCUT2D eigenvalue weighted by Gasteiger charge is 2.15. The lowest BCUT2D eigenvalue weighted by Crippen LogP contribution is -2.39. The number of hydrogen-bond donors (Lipinski definition) is 2. The van der Waals surface area contributed by atoms with Crippen LogP contribution in [-0.4, -0.2) is 37.6 Å². The Labute approximate surface area is 187 Å². The zero-order valence-electron chi connectivity index (χ0n) is 15.7. The van der Waals surface area contributed by atoms with Crippen molar-refractivity contribution >= 4 is 58.0 Å². The third-order valence-corrected chi connectivity index (χ3v) is 5.83. The maximum atomic E-state index is 6.27. The Morgan fingerprint density at radius 2 is 2.07 bits per heavy atom. The Morgan fingerprint density at radius 1 is 1.33 bits per heavy atom. The predicted octanol–water partition coefficient (Wildman–Crippen LogP) is 4.48. The van der Waals surface area contributed by atoms with E-state index in [1.54, 1.807) is 18.4 Å². The van der Waals surface area contributed by atoms with Gasteiger partial charge in [-0.2, -0.15) is 0 Å². The number of hydrogen-bond acceptors (Lipinski definition) is 4. The molecule has 1 unspecified atom stereocenters. The van der Waals surface area contributed by atoms with E-state index in [2.05, 4.69) is 32.8 Å². The molecular formula is C19H27ClIN5S. The van der Waals surface area contributed by atoms with Crippen LogP contribution in [0.5, 0.6) is 0 Å². The maximum Gasteiger partial charge on any atom is 0.191 e. The molecule has 1 aliphatic rings. The first-order chi connectivity index (χ1) is 12.7. The molecule has 1 aromatic carbocycles. The Balaban J connectivity index is 0.00000261. The molecule has 0 bridgehead atoms. The molecule has 2 aromatic rings. The van der Waals surface area contributed by atoms with Crippen LogP contribution in [0.1, 0.15) is 37.1 Å². The van der Waals surface area contributed by atoms with Crippen LogP contribution in [0.25, 0.3) is 0 Å². The molecule has 2 N–H and O–H groups in total. The Morgan fingerprint density at radius 3 is 2.78 bits per heavy atom. The number of benzene rings is 1. The summed E-state index contributed by atoms with van der Waals surface area (Å²) in [5, 5.41) is 10.8. The highest BCUT2D eigenvalue weighted by Crippen LogP contribution is 2.24. The van der Waals surface area contributed by atoms with Gasteiger partial charge in [0.1, 0.15) is 0 Å². The van der Waals surface area contributed by atoms with Gasteiger partial charge in [-0.15, -0.1) is 35.3 Å². The van der Waals surface area contributed by atoms with Crippen molar-refractivity contribution < 1.29 is 0 Å². The third kappa shape index (κ3) is 6.22. The van der Waals surface area contributed by atoms with E-state index < -0.39 is 0 Å². The molecule has 0 amide bonds. The summed E-state index contributed by atoms with van der Waals surface area (Å²) in [7, 11) is 1.78. The molecule has 8 heteroatoms. The lowest BCUT2D eigenvalue weighted by atomic mass is 10.1. The molecule has 0 spiro atoms. The molecular weight excluding hydrogens is 493 g/mol. The fourth-order valence-corrected chi connectivity index (χ4v) is 4.29. The van der Waals surface area contributed by atoms with Crippen molar-refractivity contribution in [3.63, 3.8) is 0 Å². The van der Waals surface area contributed by atoms with Crippen LogP contribution >= 0.6 is 46.9 Å². The molecule has 1 saturated heterocycles. The van der Waals surface area contributed by atoms with Crippen LogP contribution in [0.2, 0.25) is 5.02 Å². The lowest BCUT2D eigenvalue weighted by molar-refractivity contribution is 0.683. The number of anilines is 1. The number of nitrogens with one attached hydrogen (secondary N) is 2. The molecule has 1 aliphatic heterocycles. The van der Waals surface area contributed by atoms with Gasteiger partial charge in [-0.25, -0.2) is 4.98 Å². The van der Waals surface area contributed by atoms with Crippen molar-refractivity contribution in [2.24, 2.45) is 4.99 Å². The van der Waals surface area contributed by atoms with E-state index in [0.717, 1.165) is 53.4 Å². The molecule has 1 fully saturated rings. The monoisotopic (exact) mass is 519 g/mol. The molecule has 148 valence electrons. The van der Waals surface area contributed by atoms with E-state index >= 15 is 0 Å². The minimum atomic E-state index is 0. The first-order valence-electron chi connectivity index (χ1n) is 9.08. The quantitative estimate of drug-likeness (QED) is 0.336. The van der Waals surface area contributed by atoms with Crippen LogP contribution in [-0.2, 0) is 6.42 Å². The largest absolute Gasteiger partial charge is 0.356 e. The minimum absolute atomic E-state index is 0. The first-order valence-corrected chi connectivity index (χ1v) is 10.3. The number of aliphatic imine (C=N–C) groups is 1. The van der Waals surface area contributed by atoms with Crippen LogP contribution in [0.4, 0.5) is 5.13 Å². The van der Waals surface area contributed by atoms with E-state index in [1.165, 1.54) is 12.8 Å². The van der Waals surface area contributed by atoms with Crippen molar-refractivity contribution in [1.82, 2.24) is 15.6 Å². The number of aromatic nitrogens is 1. The van der Waals surface area contributed by atoms with Crippen molar-refractivity contribution in [2.45, 2.75) is 32.2 Å². The van der Waals surface area contributed by atoms with Gasteiger partial charge in [0, 0.05) is 43.5 Å². The van der Waals surface area contributed by atoms with Gasteiger partial charge in [0.25, 0.3) is 0 Å². The molecule has 0 aliphatic carbocycles. The van der Waals surface area contributed by atoms with Gasteiger partial charge in [0.05, 0.1) is 11.7 Å². The summed E-state index contributed by atoms with van der Waals surface area (Å²) >= 11 is 8.02. The summed E-state index contributed by atoms with van der Waals surface area (Å²) in [5.41, 5.74) is 2.20. The van der Waals surface area contributed by atoms with E-state index in [1.807, 2.05) is 24.3 Å². The molecule has 0 radical (unpaired) electrons. The number of halogens is 2. The SMILES string of the molecule is CN=C(NCCc1csc(N2CCCC2)n1)NC(C)c1ccccc1Cl.I. The zero-order chi connectivity index (χ0) is 18.4. The van der Waals surface area contributed by atoms with E-state index in [9.17, 15) is 0 Å². The van der Waals surface area contributed by atoms with Gasteiger partial charge in [-0.1, -0.05) is 29.8 Å². The fourth-order valence-electron chi connectivity index (χ4n) is 3.08. The van der Waals surface area contributed by atoms with E-state index in [4.69, 9.17) is 16.6 Å². The second-order valence-electron chi connectivity index (χ2n) is 6.45. The average molecular weight is 520 g/mol. The molecule has 3 rings (SSSR count). The molecule has 1 aromatic heterocycles.